The number of likely N-dealkylation sites (N-methyl/N-ethyl adjacent to an activating group) is 1. The highest BCUT2D eigenvalue weighted by molar-refractivity contribution is 5.81. The Morgan fingerprint density at radius 1 is 1.46 bits per heavy atom. The van der Waals surface area contributed by atoms with Crippen molar-refractivity contribution in [2.75, 3.05) is 32.7 Å². The summed E-state index contributed by atoms with van der Waals surface area (Å²) in [4.78, 5) is 25.9. The maximum absolute atomic E-state index is 11.4. The summed E-state index contributed by atoms with van der Waals surface area (Å²) in [7, 11) is 0. The molecule has 1 saturated heterocycles. The second-order valence-corrected chi connectivity index (χ2v) is 3.39. The largest absolute Gasteiger partial charge is 0.341 e. The van der Waals surface area contributed by atoms with Crippen LogP contribution in [0.4, 0.5) is 0 Å². The van der Waals surface area contributed by atoms with Crippen molar-refractivity contribution in [1.29, 1.82) is 0 Å². The van der Waals surface area contributed by atoms with E-state index in [1.165, 1.54) is 0 Å². The molecular formula is C9H16N2O2. The summed E-state index contributed by atoms with van der Waals surface area (Å²) in [6, 6.07) is 0. The van der Waals surface area contributed by atoms with Crippen molar-refractivity contribution >= 4 is 11.7 Å². The number of carbonyl (C=O) groups is 2. The van der Waals surface area contributed by atoms with Gasteiger partial charge in [-0.3, -0.25) is 14.5 Å². The van der Waals surface area contributed by atoms with Gasteiger partial charge in [0.1, 0.15) is 5.78 Å². The summed E-state index contributed by atoms with van der Waals surface area (Å²) in [6.07, 6.45) is 0. The predicted octanol–water partition coefficient (Wildman–Crippen LogP) is -0.261. The van der Waals surface area contributed by atoms with Crippen LogP contribution in [0.1, 0.15) is 13.8 Å². The fourth-order valence-electron chi connectivity index (χ4n) is 1.54. The average molecular weight is 184 g/mol. The minimum absolute atomic E-state index is 0.123. The Bertz CT molecular complexity index is 216. The lowest BCUT2D eigenvalue weighted by atomic mass is 10.3. The first-order valence-corrected chi connectivity index (χ1v) is 4.63. The van der Waals surface area contributed by atoms with Crippen molar-refractivity contribution in [2.45, 2.75) is 13.8 Å². The molecule has 0 aromatic carbocycles. The Morgan fingerprint density at radius 2 is 2.15 bits per heavy atom. The number of amides is 1. The third-order valence-corrected chi connectivity index (χ3v) is 2.23. The fourth-order valence-corrected chi connectivity index (χ4v) is 1.54. The molecule has 0 saturated carbocycles. The lowest BCUT2D eigenvalue weighted by Crippen LogP contribution is -2.51. The van der Waals surface area contributed by atoms with E-state index in [0.29, 0.717) is 13.1 Å². The molecule has 0 N–H and O–H groups in total. The van der Waals surface area contributed by atoms with Gasteiger partial charge < -0.3 is 4.90 Å². The van der Waals surface area contributed by atoms with E-state index >= 15 is 0 Å². The van der Waals surface area contributed by atoms with Crippen molar-refractivity contribution in [3.8, 4) is 0 Å². The first-order valence-electron chi connectivity index (χ1n) is 4.63. The number of rotatable bonds is 3. The van der Waals surface area contributed by atoms with Gasteiger partial charge in [0.2, 0.25) is 5.91 Å². The third-order valence-electron chi connectivity index (χ3n) is 2.23. The Labute approximate surface area is 78.5 Å². The summed E-state index contributed by atoms with van der Waals surface area (Å²) in [5.74, 6) is 0.257. The highest BCUT2D eigenvalue weighted by Gasteiger charge is 2.22. The van der Waals surface area contributed by atoms with Crippen molar-refractivity contribution < 1.29 is 9.59 Å². The van der Waals surface area contributed by atoms with E-state index in [1.54, 1.807) is 6.92 Å². The SMILES string of the molecule is CCN1CCN(CC(C)=O)CC1=O. The molecule has 0 unspecified atom stereocenters. The first kappa shape index (κ1) is 10.2. The van der Waals surface area contributed by atoms with E-state index in [4.69, 9.17) is 0 Å². The maximum Gasteiger partial charge on any atom is 0.236 e. The van der Waals surface area contributed by atoms with Gasteiger partial charge in [0, 0.05) is 19.6 Å². The first-order chi connectivity index (χ1) is 6.13. The van der Waals surface area contributed by atoms with Crippen LogP contribution in [0.25, 0.3) is 0 Å². The molecule has 13 heavy (non-hydrogen) atoms. The molecule has 4 nitrogen and oxygen atoms in total. The molecule has 0 radical (unpaired) electrons. The second kappa shape index (κ2) is 4.37. The minimum Gasteiger partial charge on any atom is -0.341 e. The van der Waals surface area contributed by atoms with E-state index in [0.717, 1.165) is 19.6 Å². The molecule has 1 amide bonds. The monoisotopic (exact) mass is 184 g/mol. The molecule has 1 aliphatic rings. The molecule has 0 atom stereocenters. The van der Waals surface area contributed by atoms with Crippen LogP contribution in [0.2, 0.25) is 0 Å². The highest BCUT2D eigenvalue weighted by Crippen LogP contribution is 2.02. The molecule has 1 rings (SSSR count). The van der Waals surface area contributed by atoms with Crippen LogP contribution < -0.4 is 0 Å². The number of Topliss-reactive ketones (excluding diaryl/α,β-unsaturated/α-hetero) is 1. The van der Waals surface area contributed by atoms with Gasteiger partial charge in [0.25, 0.3) is 0 Å². The summed E-state index contributed by atoms with van der Waals surface area (Å²) in [5.41, 5.74) is 0. The molecule has 4 heteroatoms. The number of ketones is 1. The zero-order valence-electron chi connectivity index (χ0n) is 8.25. The number of nitrogens with zero attached hydrogens (tertiary/aromatic N) is 2. The van der Waals surface area contributed by atoms with Gasteiger partial charge in [-0.15, -0.1) is 0 Å². The van der Waals surface area contributed by atoms with Crippen LogP contribution in [0.15, 0.2) is 0 Å². The van der Waals surface area contributed by atoms with Gasteiger partial charge in [0.05, 0.1) is 13.1 Å². The number of hydrogen-bond donors (Lipinski definition) is 0. The molecule has 0 bridgehead atoms. The summed E-state index contributed by atoms with van der Waals surface area (Å²) in [6.45, 7) is 6.67. The van der Waals surface area contributed by atoms with Crippen LogP contribution in [-0.4, -0.2) is 54.2 Å². The topological polar surface area (TPSA) is 40.6 Å². The Morgan fingerprint density at radius 3 is 2.62 bits per heavy atom. The van der Waals surface area contributed by atoms with Crippen molar-refractivity contribution in [3.05, 3.63) is 0 Å². The van der Waals surface area contributed by atoms with E-state index in [9.17, 15) is 9.59 Å². The van der Waals surface area contributed by atoms with Gasteiger partial charge in [-0.25, -0.2) is 0 Å². The van der Waals surface area contributed by atoms with E-state index in [1.807, 2.05) is 16.7 Å². The minimum atomic E-state index is 0.123. The third kappa shape index (κ3) is 2.81. The molecule has 0 spiro atoms. The Hall–Kier alpha value is -0.900. The highest BCUT2D eigenvalue weighted by atomic mass is 16.2. The van der Waals surface area contributed by atoms with E-state index in [2.05, 4.69) is 0 Å². The van der Waals surface area contributed by atoms with Gasteiger partial charge in [0.15, 0.2) is 0 Å². The van der Waals surface area contributed by atoms with Crippen molar-refractivity contribution in [2.24, 2.45) is 0 Å². The van der Waals surface area contributed by atoms with Crippen LogP contribution >= 0.6 is 0 Å². The van der Waals surface area contributed by atoms with Crippen LogP contribution in [0.3, 0.4) is 0 Å². The molecule has 1 heterocycles. The second-order valence-electron chi connectivity index (χ2n) is 3.39. The quantitative estimate of drug-likeness (QED) is 0.606. The summed E-state index contributed by atoms with van der Waals surface area (Å²) < 4.78 is 0. The van der Waals surface area contributed by atoms with Crippen molar-refractivity contribution in [1.82, 2.24) is 9.80 Å². The Kier molecular flexibility index (Phi) is 3.42. The normalized spacial score (nSPS) is 19.2. The van der Waals surface area contributed by atoms with Crippen molar-refractivity contribution in [3.63, 3.8) is 0 Å². The standard InChI is InChI=1S/C9H16N2O2/c1-3-11-5-4-10(6-8(2)12)7-9(11)13/h3-7H2,1-2H3. The fraction of sp³-hybridized carbons (Fsp3) is 0.778. The smallest absolute Gasteiger partial charge is 0.236 e. The zero-order valence-corrected chi connectivity index (χ0v) is 8.25. The predicted molar refractivity (Wildman–Crippen MR) is 49.4 cm³/mol. The van der Waals surface area contributed by atoms with Gasteiger partial charge in [-0.1, -0.05) is 0 Å². The van der Waals surface area contributed by atoms with Gasteiger partial charge in [-0.2, -0.15) is 0 Å². The average Bonchev–Trinajstić information content (AvgIpc) is 2.03. The maximum atomic E-state index is 11.4. The molecule has 0 aromatic heterocycles. The number of hydrogen-bond acceptors (Lipinski definition) is 3. The Balaban J connectivity index is 2.41. The van der Waals surface area contributed by atoms with Crippen LogP contribution in [0.5, 0.6) is 0 Å². The molecular weight excluding hydrogens is 168 g/mol. The molecule has 0 aromatic rings. The molecule has 74 valence electrons. The zero-order chi connectivity index (χ0) is 9.84. The summed E-state index contributed by atoms with van der Waals surface area (Å²) >= 11 is 0. The van der Waals surface area contributed by atoms with Crippen LogP contribution in [0, 0.1) is 0 Å². The molecule has 0 aliphatic carbocycles. The van der Waals surface area contributed by atoms with Crippen LogP contribution in [-0.2, 0) is 9.59 Å². The van der Waals surface area contributed by atoms with Gasteiger partial charge >= 0.3 is 0 Å². The number of carbonyl (C=O) groups excluding carboxylic acids is 2. The molecule has 1 fully saturated rings. The van der Waals surface area contributed by atoms with E-state index < -0.39 is 0 Å². The molecule has 1 aliphatic heterocycles. The van der Waals surface area contributed by atoms with Gasteiger partial charge in [-0.05, 0) is 13.8 Å². The summed E-state index contributed by atoms with van der Waals surface area (Å²) in [5, 5.41) is 0. The number of piperazine rings is 1. The van der Waals surface area contributed by atoms with E-state index in [-0.39, 0.29) is 11.7 Å². The lowest BCUT2D eigenvalue weighted by molar-refractivity contribution is -0.136. The lowest BCUT2D eigenvalue weighted by Gasteiger charge is -2.32.